The van der Waals surface area contributed by atoms with Crippen LogP contribution < -0.4 is 21.4 Å². The van der Waals surface area contributed by atoms with Gasteiger partial charge in [-0.3, -0.25) is 0 Å². The number of hydrogen-bond donors (Lipinski definition) is 0. The minimum absolute atomic E-state index is 0. The second kappa shape index (κ2) is 4.52. The molecule has 0 radical (unpaired) electrons. The highest BCUT2D eigenvalue weighted by atomic mass is 79.9. The smallest absolute Gasteiger partial charge is 0.225 e. The summed E-state index contributed by atoms with van der Waals surface area (Å²) in [6.45, 7) is 0. The van der Waals surface area contributed by atoms with Gasteiger partial charge in [0.1, 0.15) is 0 Å². The quantitative estimate of drug-likeness (QED) is 0.411. The molecule has 0 saturated carbocycles. The molecule has 1 aromatic carbocycles. The van der Waals surface area contributed by atoms with E-state index in [9.17, 15) is 0 Å². The minimum atomic E-state index is 0. The van der Waals surface area contributed by atoms with Crippen LogP contribution in [0.4, 0.5) is 0 Å². The summed E-state index contributed by atoms with van der Waals surface area (Å²) in [6.07, 6.45) is 4.21. The standard InChI is InChI=1S/C13H9BrN.BrH/c14-12-6-3-7-15-9-11-5-2-1-4-10(11)8-13(12)15;/h1-9H;1H/q+1;/p-1. The first-order valence-electron chi connectivity index (χ1n) is 4.83. The summed E-state index contributed by atoms with van der Waals surface area (Å²) in [5, 5.41) is 2.53. The van der Waals surface area contributed by atoms with Crippen molar-refractivity contribution in [1.29, 1.82) is 0 Å². The van der Waals surface area contributed by atoms with Crippen molar-refractivity contribution in [3.63, 3.8) is 0 Å². The highest BCUT2D eigenvalue weighted by Crippen LogP contribution is 2.18. The van der Waals surface area contributed by atoms with E-state index in [-0.39, 0.29) is 17.0 Å². The van der Waals surface area contributed by atoms with Gasteiger partial charge in [0.05, 0.1) is 4.47 Å². The third kappa shape index (κ3) is 1.85. The molecule has 0 aliphatic heterocycles. The van der Waals surface area contributed by atoms with Gasteiger partial charge < -0.3 is 17.0 Å². The van der Waals surface area contributed by atoms with Crippen LogP contribution in [0.15, 0.2) is 59.3 Å². The molecule has 3 rings (SSSR count). The van der Waals surface area contributed by atoms with Crippen molar-refractivity contribution in [3.8, 4) is 0 Å². The molecule has 0 fully saturated rings. The first-order chi connectivity index (χ1) is 7.34. The molecule has 0 N–H and O–H groups in total. The fourth-order valence-corrected chi connectivity index (χ4v) is 2.29. The molecule has 0 aliphatic carbocycles. The summed E-state index contributed by atoms with van der Waals surface area (Å²) in [4.78, 5) is 0. The lowest BCUT2D eigenvalue weighted by Gasteiger charge is -1.97. The Morgan fingerprint density at radius 3 is 2.50 bits per heavy atom. The van der Waals surface area contributed by atoms with Crippen molar-refractivity contribution in [1.82, 2.24) is 0 Å². The first kappa shape index (κ1) is 11.6. The van der Waals surface area contributed by atoms with Crippen LogP contribution in [0.1, 0.15) is 0 Å². The SMILES string of the molecule is Brc1ccc[n+]2cc3ccccc3cc12.[Br-]. The fraction of sp³-hybridized carbons (Fsp3) is 0. The van der Waals surface area contributed by atoms with Crippen LogP contribution in [0.3, 0.4) is 0 Å². The van der Waals surface area contributed by atoms with Crippen LogP contribution in [0.25, 0.3) is 16.3 Å². The van der Waals surface area contributed by atoms with Gasteiger partial charge >= 0.3 is 0 Å². The van der Waals surface area contributed by atoms with Crippen LogP contribution in [0, 0.1) is 0 Å². The van der Waals surface area contributed by atoms with Gasteiger partial charge in [-0.25, -0.2) is 0 Å². The lowest BCUT2D eigenvalue weighted by atomic mass is 10.1. The molecule has 0 bridgehead atoms. The summed E-state index contributed by atoms with van der Waals surface area (Å²) in [5.41, 5.74) is 1.19. The number of benzene rings is 1. The van der Waals surface area contributed by atoms with E-state index in [2.05, 4.69) is 69.1 Å². The van der Waals surface area contributed by atoms with E-state index in [4.69, 9.17) is 0 Å². The average Bonchev–Trinajstić information content (AvgIpc) is 2.27. The maximum absolute atomic E-state index is 3.56. The zero-order chi connectivity index (χ0) is 10.3. The number of rotatable bonds is 0. The molecule has 2 aromatic heterocycles. The van der Waals surface area contributed by atoms with Crippen molar-refractivity contribution in [2.45, 2.75) is 0 Å². The highest BCUT2D eigenvalue weighted by molar-refractivity contribution is 9.10. The lowest BCUT2D eigenvalue weighted by Crippen LogP contribution is -3.00. The number of aromatic nitrogens is 1. The van der Waals surface area contributed by atoms with E-state index in [0.717, 1.165) is 4.47 Å². The predicted molar refractivity (Wildman–Crippen MR) is 64.8 cm³/mol. The largest absolute Gasteiger partial charge is 1.00 e. The van der Waals surface area contributed by atoms with Gasteiger partial charge in [0.15, 0.2) is 12.4 Å². The molecule has 0 aliphatic rings. The molecule has 3 heteroatoms. The second-order valence-electron chi connectivity index (χ2n) is 3.55. The third-order valence-electron chi connectivity index (χ3n) is 2.58. The van der Waals surface area contributed by atoms with Gasteiger partial charge in [-0.2, -0.15) is 4.40 Å². The predicted octanol–water partition coefficient (Wildman–Crippen LogP) is 0.345. The van der Waals surface area contributed by atoms with Gasteiger partial charge in [0, 0.05) is 17.5 Å². The normalized spacial score (nSPS) is 10.3. The molecule has 0 atom stereocenters. The van der Waals surface area contributed by atoms with Gasteiger partial charge in [-0.15, -0.1) is 0 Å². The zero-order valence-electron chi connectivity index (χ0n) is 8.40. The molecule has 0 saturated heterocycles. The Morgan fingerprint density at radius 2 is 1.69 bits per heavy atom. The van der Waals surface area contributed by atoms with Crippen LogP contribution in [0.5, 0.6) is 0 Å². The number of pyridine rings is 2. The number of hydrogen-bond acceptors (Lipinski definition) is 0. The van der Waals surface area contributed by atoms with E-state index < -0.39 is 0 Å². The lowest BCUT2D eigenvalue weighted by molar-refractivity contribution is -0.510. The van der Waals surface area contributed by atoms with Crippen molar-refractivity contribution in [2.24, 2.45) is 0 Å². The summed E-state index contributed by atoms with van der Waals surface area (Å²) in [7, 11) is 0. The minimum Gasteiger partial charge on any atom is -1.00 e. The number of halogens is 2. The van der Waals surface area contributed by atoms with E-state index in [1.54, 1.807) is 0 Å². The summed E-state index contributed by atoms with van der Waals surface area (Å²) in [5.74, 6) is 0. The Morgan fingerprint density at radius 1 is 0.938 bits per heavy atom. The second-order valence-corrected chi connectivity index (χ2v) is 4.41. The fourth-order valence-electron chi connectivity index (χ4n) is 1.82. The Hall–Kier alpha value is -0.930. The average molecular weight is 339 g/mol. The molecule has 1 nitrogen and oxygen atoms in total. The number of nitrogens with zero attached hydrogens (tertiary/aromatic N) is 1. The summed E-state index contributed by atoms with van der Waals surface area (Å²) in [6, 6.07) is 14.7. The van der Waals surface area contributed by atoms with Crippen LogP contribution in [-0.4, -0.2) is 0 Å². The molecule has 16 heavy (non-hydrogen) atoms. The van der Waals surface area contributed by atoms with Gasteiger partial charge in [0.25, 0.3) is 0 Å². The molecular formula is C13H9Br2N. The van der Waals surface area contributed by atoms with E-state index in [1.165, 1.54) is 16.3 Å². The molecule has 0 amide bonds. The van der Waals surface area contributed by atoms with E-state index in [1.807, 2.05) is 6.07 Å². The summed E-state index contributed by atoms with van der Waals surface area (Å²) >= 11 is 3.56. The Labute approximate surface area is 113 Å². The van der Waals surface area contributed by atoms with Crippen molar-refractivity contribution in [2.75, 3.05) is 0 Å². The van der Waals surface area contributed by atoms with Crippen LogP contribution in [-0.2, 0) is 0 Å². The summed E-state index contributed by atoms with van der Waals surface area (Å²) < 4.78 is 3.25. The van der Waals surface area contributed by atoms with E-state index >= 15 is 0 Å². The van der Waals surface area contributed by atoms with Gasteiger partial charge in [-0.1, -0.05) is 18.2 Å². The maximum atomic E-state index is 3.56. The monoisotopic (exact) mass is 337 g/mol. The third-order valence-corrected chi connectivity index (χ3v) is 3.25. The molecule has 2 heterocycles. The van der Waals surface area contributed by atoms with Crippen molar-refractivity contribution < 1.29 is 21.4 Å². The zero-order valence-corrected chi connectivity index (χ0v) is 11.6. The molecule has 3 aromatic rings. The number of fused-ring (bicyclic) bond motifs is 2. The molecule has 0 spiro atoms. The van der Waals surface area contributed by atoms with Crippen LogP contribution >= 0.6 is 15.9 Å². The highest BCUT2D eigenvalue weighted by Gasteiger charge is 2.07. The molecular weight excluding hydrogens is 330 g/mol. The van der Waals surface area contributed by atoms with E-state index in [0.29, 0.717) is 0 Å². The van der Waals surface area contributed by atoms with Crippen molar-refractivity contribution >= 4 is 32.2 Å². The van der Waals surface area contributed by atoms with Crippen molar-refractivity contribution in [3.05, 3.63) is 59.3 Å². The molecule has 80 valence electrons. The first-order valence-corrected chi connectivity index (χ1v) is 5.62. The maximum Gasteiger partial charge on any atom is 0.225 e. The Balaban J connectivity index is 0.000000963. The van der Waals surface area contributed by atoms with Crippen LogP contribution in [0.2, 0.25) is 0 Å². The molecule has 0 unspecified atom stereocenters. The Bertz CT molecular complexity index is 650. The van der Waals surface area contributed by atoms with Gasteiger partial charge in [-0.05, 0) is 33.4 Å². The topological polar surface area (TPSA) is 4.10 Å². The van der Waals surface area contributed by atoms with Gasteiger partial charge in [0.2, 0.25) is 5.52 Å². The Kier molecular flexibility index (Phi) is 3.26.